The van der Waals surface area contributed by atoms with Crippen molar-refractivity contribution in [3.8, 4) is 0 Å². The van der Waals surface area contributed by atoms with Crippen LogP contribution in [0.5, 0.6) is 0 Å². The van der Waals surface area contributed by atoms with Gasteiger partial charge in [0.05, 0.1) is 22.8 Å². The van der Waals surface area contributed by atoms with Crippen molar-refractivity contribution >= 4 is 38.5 Å². The number of esters is 1. The van der Waals surface area contributed by atoms with E-state index in [2.05, 4.69) is 25.7 Å². The number of nitrogens with two attached hydrogens (primary N) is 1. The molecule has 88 valence electrons. The molecule has 2 rings (SSSR count). The second-order valence-electron chi connectivity index (χ2n) is 3.36. The largest absolute Gasteiger partial charge is 0.465 e. The zero-order chi connectivity index (χ0) is 12.6. The Balaban J connectivity index is 2.75. The van der Waals surface area contributed by atoms with E-state index in [9.17, 15) is 9.18 Å². The normalized spacial score (nSPS) is 10.5. The molecular weight excluding hydrogens is 291 g/mol. The Labute approximate surface area is 105 Å². The SMILES string of the molecule is COC(=O)c1cnc2cc(F)c(Br)cc2c1N. The summed E-state index contributed by atoms with van der Waals surface area (Å²) in [7, 11) is 1.26. The molecule has 6 heteroatoms. The van der Waals surface area contributed by atoms with Crippen LogP contribution in [0.25, 0.3) is 10.9 Å². The van der Waals surface area contributed by atoms with Crippen molar-refractivity contribution in [3.05, 3.63) is 34.2 Å². The highest BCUT2D eigenvalue weighted by Crippen LogP contribution is 2.28. The van der Waals surface area contributed by atoms with Gasteiger partial charge in [0.2, 0.25) is 0 Å². The molecule has 0 aliphatic heterocycles. The highest BCUT2D eigenvalue weighted by atomic mass is 79.9. The van der Waals surface area contributed by atoms with Crippen LogP contribution in [0.1, 0.15) is 10.4 Å². The molecule has 0 spiro atoms. The molecule has 0 bridgehead atoms. The number of nitrogens with zero attached hydrogens (tertiary/aromatic N) is 1. The Morgan fingerprint density at radius 3 is 2.88 bits per heavy atom. The highest BCUT2D eigenvalue weighted by molar-refractivity contribution is 9.10. The van der Waals surface area contributed by atoms with Crippen LogP contribution in [0.4, 0.5) is 10.1 Å². The molecule has 1 aromatic carbocycles. The zero-order valence-corrected chi connectivity index (χ0v) is 10.4. The fourth-order valence-electron chi connectivity index (χ4n) is 1.48. The van der Waals surface area contributed by atoms with Crippen molar-refractivity contribution < 1.29 is 13.9 Å². The molecule has 0 atom stereocenters. The van der Waals surface area contributed by atoms with E-state index in [1.165, 1.54) is 25.4 Å². The first-order valence-corrected chi connectivity index (χ1v) is 5.45. The Morgan fingerprint density at radius 1 is 1.53 bits per heavy atom. The van der Waals surface area contributed by atoms with Crippen LogP contribution in [-0.2, 0) is 4.74 Å². The summed E-state index contributed by atoms with van der Waals surface area (Å²) in [5, 5.41) is 0.501. The van der Waals surface area contributed by atoms with Crippen LogP contribution in [0, 0.1) is 5.82 Å². The number of nitrogen functional groups attached to an aromatic ring is 1. The van der Waals surface area contributed by atoms with Gasteiger partial charge in [-0.2, -0.15) is 0 Å². The number of fused-ring (bicyclic) bond motifs is 1. The lowest BCUT2D eigenvalue weighted by atomic mass is 10.1. The van der Waals surface area contributed by atoms with Crippen molar-refractivity contribution in [3.63, 3.8) is 0 Å². The predicted octanol–water partition coefficient (Wildman–Crippen LogP) is 2.51. The fourth-order valence-corrected chi connectivity index (χ4v) is 1.82. The summed E-state index contributed by atoms with van der Waals surface area (Å²) in [6.07, 6.45) is 1.27. The fraction of sp³-hybridized carbons (Fsp3) is 0.0909. The molecule has 1 heterocycles. The summed E-state index contributed by atoms with van der Waals surface area (Å²) in [4.78, 5) is 15.4. The van der Waals surface area contributed by atoms with Crippen LogP contribution in [0.3, 0.4) is 0 Å². The van der Waals surface area contributed by atoms with E-state index in [4.69, 9.17) is 5.73 Å². The van der Waals surface area contributed by atoms with Crippen molar-refractivity contribution in [2.45, 2.75) is 0 Å². The first-order chi connectivity index (χ1) is 8.04. The van der Waals surface area contributed by atoms with Gasteiger partial charge in [0.25, 0.3) is 0 Å². The topological polar surface area (TPSA) is 65.2 Å². The monoisotopic (exact) mass is 298 g/mol. The smallest absolute Gasteiger partial charge is 0.341 e. The molecule has 17 heavy (non-hydrogen) atoms. The van der Waals surface area contributed by atoms with Gasteiger partial charge in [-0.05, 0) is 22.0 Å². The average molecular weight is 299 g/mol. The molecule has 0 saturated carbocycles. The number of aromatic nitrogens is 1. The molecule has 2 N–H and O–H groups in total. The molecular formula is C11H8BrFN2O2. The van der Waals surface area contributed by atoms with Crippen LogP contribution in [-0.4, -0.2) is 18.1 Å². The highest BCUT2D eigenvalue weighted by Gasteiger charge is 2.14. The molecule has 4 nitrogen and oxygen atoms in total. The van der Waals surface area contributed by atoms with Crippen LogP contribution in [0.15, 0.2) is 22.8 Å². The number of hydrogen-bond donors (Lipinski definition) is 1. The summed E-state index contributed by atoms with van der Waals surface area (Å²) < 4.78 is 18.1. The lowest BCUT2D eigenvalue weighted by molar-refractivity contribution is 0.0601. The predicted molar refractivity (Wildman–Crippen MR) is 65.2 cm³/mol. The van der Waals surface area contributed by atoms with Gasteiger partial charge in [-0.25, -0.2) is 9.18 Å². The van der Waals surface area contributed by atoms with E-state index < -0.39 is 11.8 Å². The molecule has 0 saturated heterocycles. The number of pyridine rings is 1. The minimum Gasteiger partial charge on any atom is -0.465 e. The quantitative estimate of drug-likeness (QED) is 0.822. The number of halogens is 2. The summed E-state index contributed by atoms with van der Waals surface area (Å²) in [6, 6.07) is 2.73. The maximum Gasteiger partial charge on any atom is 0.341 e. The summed E-state index contributed by atoms with van der Waals surface area (Å²) in [5.41, 5.74) is 6.61. The molecule has 2 aromatic rings. The third-order valence-electron chi connectivity index (χ3n) is 2.36. The number of hydrogen-bond acceptors (Lipinski definition) is 4. The molecule has 0 fully saturated rings. The Hall–Kier alpha value is -1.69. The van der Waals surface area contributed by atoms with E-state index in [-0.39, 0.29) is 15.7 Å². The van der Waals surface area contributed by atoms with E-state index in [0.29, 0.717) is 10.9 Å². The first kappa shape index (κ1) is 11.8. The van der Waals surface area contributed by atoms with Gasteiger partial charge in [-0.1, -0.05) is 0 Å². The number of ether oxygens (including phenoxy) is 1. The summed E-state index contributed by atoms with van der Waals surface area (Å²) >= 11 is 3.05. The van der Waals surface area contributed by atoms with Gasteiger partial charge in [0.15, 0.2) is 0 Å². The second-order valence-corrected chi connectivity index (χ2v) is 4.21. The van der Waals surface area contributed by atoms with Crippen molar-refractivity contribution in [2.75, 3.05) is 12.8 Å². The first-order valence-electron chi connectivity index (χ1n) is 4.66. The molecule has 0 unspecified atom stereocenters. The number of benzene rings is 1. The standard InChI is InChI=1S/C11H8BrFN2O2/c1-17-11(16)6-4-15-9-3-8(13)7(12)2-5(9)10(6)14/h2-4H,1H3,(H2,14,15). The molecule has 0 aliphatic rings. The number of carbonyl (C=O) groups excluding carboxylic acids is 1. The van der Waals surface area contributed by atoms with Gasteiger partial charge in [-0.15, -0.1) is 0 Å². The van der Waals surface area contributed by atoms with Gasteiger partial charge >= 0.3 is 5.97 Å². The van der Waals surface area contributed by atoms with Crippen molar-refractivity contribution in [1.82, 2.24) is 4.98 Å². The third-order valence-corrected chi connectivity index (χ3v) is 2.96. The van der Waals surface area contributed by atoms with Crippen LogP contribution < -0.4 is 5.73 Å². The molecule has 1 aromatic heterocycles. The van der Waals surface area contributed by atoms with E-state index in [0.717, 1.165) is 0 Å². The number of rotatable bonds is 1. The molecule has 0 amide bonds. The Bertz CT molecular complexity index is 616. The van der Waals surface area contributed by atoms with Gasteiger partial charge in [0.1, 0.15) is 11.4 Å². The van der Waals surface area contributed by atoms with Crippen LogP contribution in [0.2, 0.25) is 0 Å². The summed E-state index contributed by atoms with van der Waals surface area (Å²) in [5.74, 6) is -1.01. The Morgan fingerprint density at radius 2 is 2.24 bits per heavy atom. The van der Waals surface area contributed by atoms with Gasteiger partial charge in [0, 0.05) is 17.6 Å². The zero-order valence-electron chi connectivity index (χ0n) is 8.83. The van der Waals surface area contributed by atoms with Crippen molar-refractivity contribution in [1.29, 1.82) is 0 Å². The average Bonchev–Trinajstić information content (AvgIpc) is 2.31. The maximum atomic E-state index is 13.3. The Kier molecular flexibility index (Phi) is 2.97. The second kappa shape index (κ2) is 4.29. The van der Waals surface area contributed by atoms with E-state index in [1.54, 1.807) is 0 Å². The minimum absolute atomic E-state index is 0.165. The van der Waals surface area contributed by atoms with E-state index >= 15 is 0 Å². The van der Waals surface area contributed by atoms with Gasteiger partial charge in [-0.3, -0.25) is 4.98 Å². The molecule has 0 radical (unpaired) electrons. The van der Waals surface area contributed by atoms with Crippen molar-refractivity contribution in [2.24, 2.45) is 0 Å². The van der Waals surface area contributed by atoms with E-state index in [1.807, 2.05) is 0 Å². The summed E-state index contributed by atoms with van der Waals surface area (Å²) in [6.45, 7) is 0. The van der Waals surface area contributed by atoms with Crippen LogP contribution >= 0.6 is 15.9 Å². The molecule has 0 aliphatic carbocycles. The number of carbonyl (C=O) groups is 1. The maximum absolute atomic E-state index is 13.3. The minimum atomic E-state index is -0.572. The lowest BCUT2D eigenvalue weighted by Gasteiger charge is -2.07. The lowest BCUT2D eigenvalue weighted by Crippen LogP contribution is -2.07. The number of anilines is 1. The number of methoxy groups -OCH3 is 1. The third kappa shape index (κ3) is 1.95. The van der Waals surface area contributed by atoms with Gasteiger partial charge < -0.3 is 10.5 Å².